The van der Waals surface area contributed by atoms with Crippen LogP contribution in [0, 0.1) is 5.41 Å². The Morgan fingerprint density at radius 2 is 2.00 bits per heavy atom. The van der Waals surface area contributed by atoms with E-state index in [1.54, 1.807) is 31.3 Å². The van der Waals surface area contributed by atoms with Gasteiger partial charge in [0.2, 0.25) is 0 Å². The van der Waals surface area contributed by atoms with E-state index in [-0.39, 0.29) is 5.84 Å². The molecule has 0 bridgehead atoms. The second-order valence-electron chi connectivity index (χ2n) is 5.00. The number of hydrogen-bond acceptors (Lipinski definition) is 3. The average molecular weight is 249 g/mol. The van der Waals surface area contributed by atoms with E-state index < -0.39 is 11.7 Å². The first-order valence-electron chi connectivity index (χ1n) is 5.62. The quantitative estimate of drug-likeness (QED) is 0.623. The molecule has 1 rings (SSSR count). The number of amidine groups is 1. The second kappa shape index (κ2) is 5.08. The van der Waals surface area contributed by atoms with Gasteiger partial charge in [0.1, 0.15) is 11.4 Å². The van der Waals surface area contributed by atoms with Crippen molar-refractivity contribution < 1.29 is 9.53 Å². The molecule has 1 aromatic rings. The van der Waals surface area contributed by atoms with Crippen molar-refractivity contribution in [1.82, 2.24) is 0 Å². The van der Waals surface area contributed by atoms with Crippen LogP contribution in [0.3, 0.4) is 0 Å². The van der Waals surface area contributed by atoms with E-state index in [0.29, 0.717) is 11.3 Å². The SMILES string of the molecule is CN(C(=O)OC(C)(C)C)c1cccc(C(=N)N)c1. The van der Waals surface area contributed by atoms with Crippen molar-refractivity contribution in [3.8, 4) is 0 Å². The molecule has 0 unspecified atom stereocenters. The molecule has 3 N–H and O–H groups in total. The standard InChI is InChI=1S/C13H19N3O2/c1-13(2,3)18-12(17)16(4)10-7-5-6-9(8-10)11(14)15/h5-8H,1-4H3,(H3,14,15). The molecule has 0 radical (unpaired) electrons. The highest BCUT2D eigenvalue weighted by atomic mass is 16.6. The van der Waals surface area contributed by atoms with Gasteiger partial charge in [-0.25, -0.2) is 4.79 Å². The van der Waals surface area contributed by atoms with Gasteiger partial charge in [0.05, 0.1) is 0 Å². The van der Waals surface area contributed by atoms with Crippen LogP contribution in [0.5, 0.6) is 0 Å². The topological polar surface area (TPSA) is 79.4 Å². The lowest BCUT2D eigenvalue weighted by Gasteiger charge is -2.24. The van der Waals surface area contributed by atoms with Gasteiger partial charge >= 0.3 is 6.09 Å². The molecule has 98 valence electrons. The van der Waals surface area contributed by atoms with Crippen LogP contribution in [0.15, 0.2) is 24.3 Å². The molecular formula is C13H19N3O2. The van der Waals surface area contributed by atoms with E-state index in [0.717, 1.165) is 0 Å². The monoisotopic (exact) mass is 249 g/mol. The number of anilines is 1. The normalized spacial score (nSPS) is 10.9. The number of carbonyl (C=O) groups is 1. The molecule has 0 aromatic heterocycles. The van der Waals surface area contributed by atoms with Gasteiger partial charge in [-0.3, -0.25) is 10.3 Å². The minimum absolute atomic E-state index is 0.0329. The smallest absolute Gasteiger partial charge is 0.414 e. The predicted octanol–water partition coefficient (Wildman–Crippen LogP) is 2.34. The Morgan fingerprint density at radius 1 is 1.39 bits per heavy atom. The van der Waals surface area contributed by atoms with Crippen molar-refractivity contribution in [2.45, 2.75) is 26.4 Å². The maximum absolute atomic E-state index is 11.9. The molecule has 0 spiro atoms. The van der Waals surface area contributed by atoms with Crippen LogP contribution < -0.4 is 10.6 Å². The lowest BCUT2D eigenvalue weighted by molar-refractivity contribution is 0.0589. The van der Waals surface area contributed by atoms with Crippen LogP contribution in [0.4, 0.5) is 10.5 Å². The third kappa shape index (κ3) is 3.76. The summed E-state index contributed by atoms with van der Waals surface area (Å²) in [4.78, 5) is 13.2. The van der Waals surface area contributed by atoms with Crippen molar-refractivity contribution >= 4 is 17.6 Å². The van der Waals surface area contributed by atoms with Gasteiger partial charge in [-0.05, 0) is 32.9 Å². The molecule has 5 nitrogen and oxygen atoms in total. The molecule has 0 atom stereocenters. The molecular weight excluding hydrogens is 230 g/mol. The van der Waals surface area contributed by atoms with Crippen molar-refractivity contribution in [2.24, 2.45) is 5.73 Å². The molecule has 0 heterocycles. The summed E-state index contributed by atoms with van der Waals surface area (Å²) in [5, 5.41) is 7.37. The Kier molecular flexibility index (Phi) is 3.96. The average Bonchev–Trinajstić information content (AvgIpc) is 2.26. The summed E-state index contributed by atoms with van der Waals surface area (Å²) in [6, 6.07) is 6.89. The first-order valence-corrected chi connectivity index (χ1v) is 5.62. The highest BCUT2D eigenvalue weighted by molar-refractivity contribution is 5.97. The minimum Gasteiger partial charge on any atom is -0.443 e. The fraction of sp³-hybridized carbons (Fsp3) is 0.385. The number of nitrogens with one attached hydrogen (secondary N) is 1. The van der Waals surface area contributed by atoms with Crippen LogP contribution in [0.25, 0.3) is 0 Å². The number of rotatable bonds is 2. The van der Waals surface area contributed by atoms with Crippen molar-refractivity contribution in [3.05, 3.63) is 29.8 Å². The maximum atomic E-state index is 11.9. The Bertz CT molecular complexity index is 464. The molecule has 0 fully saturated rings. The number of amides is 1. The first kappa shape index (κ1) is 14.0. The third-order valence-electron chi connectivity index (χ3n) is 2.21. The van der Waals surface area contributed by atoms with E-state index >= 15 is 0 Å². The van der Waals surface area contributed by atoms with Gasteiger partial charge in [0.25, 0.3) is 0 Å². The van der Waals surface area contributed by atoms with Gasteiger partial charge in [0.15, 0.2) is 0 Å². The van der Waals surface area contributed by atoms with E-state index in [9.17, 15) is 4.79 Å². The van der Waals surface area contributed by atoms with Crippen LogP contribution in [0.1, 0.15) is 26.3 Å². The van der Waals surface area contributed by atoms with Gasteiger partial charge in [-0.15, -0.1) is 0 Å². The lowest BCUT2D eigenvalue weighted by Crippen LogP contribution is -2.34. The minimum atomic E-state index is -0.538. The van der Waals surface area contributed by atoms with E-state index in [1.807, 2.05) is 20.8 Å². The molecule has 0 saturated heterocycles. The van der Waals surface area contributed by atoms with Gasteiger partial charge < -0.3 is 10.5 Å². The summed E-state index contributed by atoms with van der Waals surface area (Å²) in [6.07, 6.45) is -0.441. The summed E-state index contributed by atoms with van der Waals surface area (Å²) >= 11 is 0. The number of nitrogens with two attached hydrogens (primary N) is 1. The number of nitrogens with zero attached hydrogens (tertiary/aromatic N) is 1. The van der Waals surface area contributed by atoms with Crippen LogP contribution in [0.2, 0.25) is 0 Å². The van der Waals surface area contributed by atoms with E-state index in [2.05, 4.69) is 0 Å². The van der Waals surface area contributed by atoms with Crippen LogP contribution in [-0.2, 0) is 4.74 Å². The lowest BCUT2D eigenvalue weighted by atomic mass is 10.2. The molecule has 0 aliphatic carbocycles. The van der Waals surface area contributed by atoms with Crippen molar-refractivity contribution in [2.75, 3.05) is 11.9 Å². The zero-order chi connectivity index (χ0) is 13.9. The summed E-state index contributed by atoms with van der Waals surface area (Å²) in [5.41, 5.74) is 6.08. The van der Waals surface area contributed by atoms with E-state index in [1.165, 1.54) is 4.90 Å². The molecule has 18 heavy (non-hydrogen) atoms. The van der Waals surface area contributed by atoms with Crippen molar-refractivity contribution in [3.63, 3.8) is 0 Å². The summed E-state index contributed by atoms with van der Waals surface area (Å²) in [5.74, 6) is -0.0329. The number of benzene rings is 1. The largest absolute Gasteiger partial charge is 0.443 e. The number of nitrogen functional groups attached to an aromatic ring is 1. The van der Waals surface area contributed by atoms with Crippen LogP contribution in [-0.4, -0.2) is 24.6 Å². The molecule has 5 heteroatoms. The summed E-state index contributed by atoms with van der Waals surface area (Å²) in [7, 11) is 1.62. The van der Waals surface area contributed by atoms with Crippen molar-refractivity contribution in [1.29, 1.82) is 5.41 Å². The number of carbonyl (C=O) groups excluding carboxylic acids is 1. The molecule has 1 amide bonds. The highest BCUT2D eigenvalue weighted by Gasteiger charge is 2.20. The number of ether oxygens (including phenoxy) is 1. The Balaban J connectivity index is 2.90. The van der Waals surface area contributed by atoms with Crippen LogP contribution >= 0.6 is 0 Å². The second-order valence-corrected chi connectivity index (χ2v) is 5.00. The fourth-order valence-corrected chi connectivity index (χ4v) is 1.32. The Morgan fingerprint density at radius 3 is 2.50 bits per heavy atom. The van der Waals surface area contributed by atoms with E-state index in [4.69, 9.17) is 15.9 Å². The zero-order valence-corrected chi connectivity index (χ0v) is 11.2. The zero-order valence-electron chi connectivity index (χ0n) is 11.2. The molecule has 0 saturated carbocycles. The summed E-state index contributed by atoms with van der Waals surface area (Å²) < 4.78 is 5.26. The molecule has 0 aliphatic rings. The maximum Gasteiger partial charge on any atom is 0.414 e. The Hall–Kier alpha value is -2.04. The summed E-state index contributed by atoms with van der Waals surface area (Å²) in [6.45, 7) is 5.43. The van der Waals surface area contributed by atoms with Gasteiger partial charge in [-0.1, -0.05) is 12.1 Å². The predicted molar refractivity (Wildman–Crippen MR) is 72.1 cm³/mol. The van der Waals surface area contributed by atoms with Gasteiger partial charge in [0, 0.05) is 18.3 Å². The third-order valence-corrected chi connectivity index (χ3v) is 2.21. The Labute approximate surface area is 107 Å². The highest BCUT2D eigenvalue weighted by Crippen LogP contribution is 2.17. The molecule has 0 aliphatic heterocycles. The number of hydrogen-bond donors (Lipinski definition) is 2. The molecule has 1 aromatic carbocycles. The first-order chi connectivity index (χ1) is 8.20. The fourth-order valence-electron chi connectivity index (χ4n) is 1.32. The van der Waals surface area contributed by atoms with Gasteiger partial charge in [-0.2, -0.15) is 0 Å².